The first-order valence-corrected chi connectivity index (χ1v) is 6.60. The van der Waals surface area contributed by atoms with Gasteiger partial charge in [0.2, 0.25) is 0 Å². The number of rotatable bonds is 6. The lowest BCUT2D eigenvalue weighted by molar-refractivity contribution is 0.317. The molecule has 1 aromatic carbocycles. The molecule has 2 rings (SSSR count). The van der Waals surface area contributed by atoms with Crippen LogP contribution in [0.1, 0.15) is 11.3 Å². The number of anilines is 1. The summed E-state index contributed by atoms with van der Waals surface area (Å²) in [5.74, 6) is -0.491. The Kier molecular flexibility index (Phi) is 5.13. The Morgan fingerprint density at radius 2 is 2.27 bits per heavy atom. The van der Waals surface area contributed by atoms with Gasteiger partial charge in [-0.2, -0.15) is 10.1 Å². The van der Waals surface area contributed by atoms with Gasteiger partial charge in [0.05, 0.1) is 11.9 Å². The van der Waals surface area contributed by atoms with Crippen molar-refractivity contribution in [3.8, 4) is 6.01 Å². The Hall–Kier alpha value is -2.83. The summed E-state index contributed by atoms with van der Waals surface area (Å²) in [6, 6.07) is 7.82. The molecule has 0 unspecified atom stereocenters. The van der Waals surface area contributed by atoms with Crippen LogP contribution in [0.5, 0.6) is 6.01 Å². The van der Waals surface area contributed by atoms with E-state index < -0.39 is 5.82 Å². The molecule has 0 spiro atoms. The molecule has 6 nitrogen and oxygen atoms in total. The van der Waals surface area contributed by atoms with Crippen LogP contribution >= 0.6 is 0 Å². The van der Waals surface area contributed by atoms with Crippen LogP contribution in [0.3, 0.4) is 0 Å². The third-order valence-corrected chi connectivity index (χ3v) is 2.81. The van der Waals surface area contributed by atoms with E-state index in [9.17, 15) is 4.39 Å². The fourth-order valence-corrected chi connectivity index (χ4v) is 1.65. The SMILES string of the molecule is Cc1cccc(N/C=C(/COc2ncc(F)c(C)n2)N=N)c1. The van der Waals surface area contributed by atoms with Crippen LogP contribution in [0.4, 0.5) is 10.1 Å². The van der Waals surface area contributed by atoms with E-state index in [-0.39, 0.29) is 18.3 Å². The molecule has 0 aliphatic carbocycles. The van der Waals surface area contributed by atoms with E-state index in [1.54, 1.807) is 6.20 Å². The van der Waals surface area contributed by atoms with Gasteiger partial charge in [-0.1, -0.05) is 12.1 Å². The highest BCUT2D eigenvalue weighted by Crippen LogP contribution is 2.11. The van der Waals surface area contributed by atoms with E-state index in [1.165, 1.54) is 6.92 Å². The zero-order valence-corrected chi connectivity index (χ0v) is 12.3. The van der Waals surface area contributed by atoms with Gasteiger partial charge in [-0.05, 0) is 31.5 Å². The minimum absolute atomic E-state index is 0.00733. The lowest BCUT2D eigenvalue weighted by atomic mass is 10.2. The van der Waals surface area contributed by atoms with E-state index in [4.69, 9.17) is 10.3 Å². The zero-order valence-electron chi connectivity index (χ0n) is 12.3. The molecule has 0 amide bonds. The van der Waals surface area contributed by atoms with Crippen LogP contribution in [-0.2, 0) is 0 Å². The van der Waals surface area contributed by atoms with E-state index in [0.717, 1.165) is 17.4 Å². The predicted octanol–water partition coefficient (Wildman–Crippen LogP) is 3.60. The molecule has 0 saturated carbocycles. The summed E-state index contributed by atoms with van der Waals surface area (Å²) in [5.41, 5.74) is 9.71. The number of nitrogens with one attached hydrogen (secondary N) is 2. The van der Waals surface area contributed by atoms with Gasteiger partial charge < -0.3 is 10.1 Å². The van der Waals surface area contributed by atoms with Crippen LogP contribution in [0, 0.1) is 25.2 Å². The van der Waals surface area contributed by atoms with Gasteiger partial charge >= 0.3 is 6.01 Å². The summed E-state index contributed by atoms with van der Waals surface area (Å²) in [7, 11) is 0. The molecule has 0 radical (unpaired) electrons. The van der Waals surface area contributed by atoms with Crippen molar-refractivity contribution in [2.45, 2.75) is 13.8 Å². The summed E-state index contributed by atoms with van der Waals surface area (Å²) in [6.07, 6.45) is 2.61. The van der Waals surface area contributed by atoms with Gasteiger partial charge in [0.25, 0.3) is 0 Å². The van der Waals surface area contributed by atoms with E-state index in [1.807, 2.05) is 31.2 Å². The number of halogens is 1. The Labute approximate surface area is 127 Å². The molecule has 0 aliphatic rings. The largest absolute Gasteiger partial charge is 0.457 e. The van der Waals surface area contributed by atoms with Crippen molar-refractivity contribution >= 4 is 5.69 Å². The van der Waals surface area contributed by atoms with Crippen molar-refractivity contribution < 1.29 is 9.13 Å². The summed E-state index contributed by atoms with van der Waals surface area (Å²) < 4.78 is 18.4. The highest BCUT2D eigenvalue weighted by Gasteiger charge is 2.04. The van der Waals surface area contributed by atoms with E-state index in [0.29, 0.717) is 5.70 Å². The smallest absolute Gasteiger partial charge is 0.317 e. The number of nitrogens with zero attached hydrogens (tertiary/aromatic N) is 3. The molecule has 0 atom stereocenters. The standard InChI is InChI=1S/C15H16FN5O/c1-10-4-3-5-12(6-10)18-7-13(21-17)9-22-15-19-8-14(16)11(2)20-15/h3-8,17-18H,9H2,1-2H3/b13-7-,21-17?. The molecule has 2 aromatic rings. The Morgan fingerprint density at radius 3 is 2.95 bits per heavy atom. The minimum atomic E-state index is -0.491. The van der Waals surface area contributed by atoms with Crippen LogP contribution < -0.4 is 10.1 Å². The van der Waals surface area contributed by atoms with Crippen LogP contribution in [0.2, 0.25) is 0 Å². The van der Waals surface area contributed by atoms with Gasteiger partial charge in [0.1, 0.15) is 12.3 Å². The number of ether oxygens (including phenoxy) is 1. The van der Waals surface area contributed by atoms with Crippen molar-refractivity contribution in [1.82, 2.24) is 9.97 Å². The van der Waals surface area contributed by atoms with Crippen molar-refractivity contribution in [3.63, 3.8) is 0 Å². The predicted molar refractivity (Wildman–Crippen MR) is 80.3 cm³/mol. The summed E-state index contributed by atoms with van der Waals surface area (Å²) >= 11 is 0. The Balaban J connectivity index is 1.98. The first-order chi connectivity index (χ1) is 10.6. The molecule has 2 N–H and O–H groups in total. The van der Waals surface area contributed by atoms with Crippen LogP contribution in [-0.4, -0.2) is 16.6 Å². The second-order valence-corrected chi connectivity index (χ2v) is 4.64. The highest BCUT2D eigenvalue weighted by atomic mass is 19.1. The molecular formula is C15H16FN5O. The summed E-state index contributed by atoms with van der Waals surface area (Å²) in [6.45, 7) is 3.52. The molecular weight excluding hydrogens is 285 g/mol. The molecule has 22 heavy (non-hydrogen) atoms. The van der Waals surface area contributed by atoms with Gasteiger partial charge in [-0.3, -0.25) is 0 Å². The molecule has 114 valence electrons. The van der Waals surface area contributed by atoms with Gasteiger partial charge in [-0.25, -0.2) is 14.9 Å². The second-order valence-electron chi connectivity index (χ2n) is 4.64. The third kappa shape index (κ3) is 4.34. The molecule has 0 aliphatic heterocycles. The van der Waals surface area contributed by atoms with Crippen LogP contribution in [0.25, 0.3) is 0 Å². The Bertz CT molecular complexity index is 702. The summed E-state index contributed by atoms with van der Waals surface area (Å²) in [5, 5.41) is 6.41. The normalized spacial score (nSPS) is 11.1. The fourth-order valence-electron chi connectivity index (χ4n) is 1.65. The zero-order chi connectivity index (χ0) is 15.9. The van der Waals surface area contributed by atoms with E-state index >= 15 is 0 Å². The molecule has 1 aromatic heterocycles. The van der Waals surface area contributed by atoms with Gasteiger partial charge in [0, 0.05) is 11.9 Å². The lowest BCUT2D eigenvalue weighted by Gasteiger charge is -2.06. The third-order valence-electron chi connectivity index (χ3n) is 2.81. The maximum Gasteiger partial charge on any atom is 0.317 e. The van der Waals surface area contributed by atoms with Gasteiger partial charge in [0.15, 0.2) is 5.82 Å². The first kappa shape index (κ1) is 15.6. The number of hydrogen-bond acceptors (Lipinski definition) is 6. The second kappa shape index (κ2) is 7.26. The van der Waals surface area contributed by atoms with Crippen molar-refractivity contribution in [3.05, 3.63) is 59.4 Å². The molecule has 0 saturated heterocycles. The molecule has 0 bridgehead atoms. The lowest BCUT2D eigenvalue weighted by Crippen LogP contribution is -2.05. The highest BCUT2D eigenvalue weighted by molar-refractivity contribution is 5.47. The van der Waals surface area contributed by atoms with Gasteiger partial charge in [-0.15, -0.1) is 0 Å². The van der Waals surface area contributed by atoms with Crippen molar-refractivity contribution in [2.75, 3.05) is 11.9 Å². The van der Waals surface area contributed by atoms with Crippen molar-refractivity contribution in [1.29, 1.82) is 5.53 Å². The molecule has 7 heteroatoms. The first-order valence-electron chi connectivity index (χ1n) is 6.60. The molecule has 0 fully saturated rings. The maximum absolute atomic E-state index is 13.1. The number of benzene rings is 1. The average Bonchev–Trinajstić information content (AvgIpc) is 2.51. The number of aromatic nitrogens is 2. The molecule has 1 heterocycles. The van der Waals surface area contributed by atoms with Crippen molar-refractivity contribution in [2.24, 2.45) is 5.11 Å². The quantitative estimate of drug-likeness (QED) is 0.799. The minimum Gasteiger partial charge on any atom is -0.457 e. The van der Waals surface area contributed by atoms with E-state index in [2.05, 4.69) is 20.4 Å². The summed E-state index contributed by atoms with van der Waals surface area (Å²) in [4.78, 5) is 7.57. The average molecular weight is 301 g/mol. The number of hydrogen-bond donors (Lipinski definition) is 2. The maximum atomic E-state index is 13.1. The Morgan fingerprint density at radius 1 is 1.45 bits per heavy atom. The monoisotopic (exact) mass is 301 g/mol. The topological polar surface area (TPSA) is 83.2 Å². The van der Waals surface area contributed by atoms with Crippen LogP contribution in [0.15, 0.2) is 47.5 Å². The number of aryl methyl sites for hydroxylation is 2. The fraction of sp³-hybridized carbons (Fsp3) is 0.200.